The molecule has 0 aliphatic carbocycles. The van der Waals surface area contributed by atoms with Crippen molar-refractivity contribution in [3.8, 4) is 6.07 Å². The summed E-state index contributed by atoms with van der Waals surface area (Å²) >= 11 is 7.00. The highest BCUT2D eigenvalue weighted by atomic mass is 35.5. The highest BCUT2D eigenvalue weighted by Crippen LogP contribution is 2.20. The average Bonchev–Trinajstić information content (AvgIpc) is 2.45. The molecule has 0 aliphatic rings. The number of nitrogens with one attached hydrogen (secondary N) is 1. The van der Waals surface area contributed by atoms with Crippen molar-refractivity contribution in [1.29, 1.82) is 10.7 Å². The molecular formula is C14H13ClN2O3S. The molecule has 0 aliphatic heterocycles. The fourth-order valence-electron chi connectivity index (χ4n) is 1.36. The molecule has 5 nitrogen and oxygen atoms in total. The summed E-state index contributed by atoms with van der Waals surface area (Å²) < 4.78 is 4.80. The van der Waals surface area contributed by atoms with E-state index in [1.165, 1.54) is 18.7 Å². The van der Waals surface area contributed by atoms with Crippen molar-refractivity contribution in [2.45, 2.75) is 11.8 Å². The number of rotatable bonds is 7. The van der Waals surface area contributed by atoms with Crippen LogP contribution < -0.4 is 0 Å². The van der Waals surface area contributed by atoms with E-state index in [2.05, 4.69) is 0 Å². The second-order valence-electron chi connectivity index (χ2n) is 4.11. The predicted molar refractivity (Wildman–Crippen MR) is 80.6 cm³/mol. The fourth-order valence-corrected chi connectivity index (χ4v) is 2.18. The summed E-state index contributed by atoms with van der Waals surface area (Å²) in [4.78, 5) is 23.9. The number of halogens is 1. The van der Waals surface area contributed by atoms with Gasteiger partial charge in [-0.2, -0.15) is 5.26 Å². The molecule has 0 radical (unpaired) electrons. The maximum atomic E-state index is 11.6. The molecule has 1 aromatic carbocycles. The summed E-state index contributed by atoms with van der Waals surface area (Å²) in [6.45, 7) is 0.873. The molecule has 0 aromatic heterocycles. The first-order valence-corrected chi connectivity index (χ1v) is 7.31. The first-order chi connectivity index (χ1) is 9.93. The van der Waals surface area contributed by atoms with Gasteiger partial charge in [0, 0.05) is 15.6 Å². The van der Waals surface area contributed by atoms with E-state index in [4.69, 9.17) is 27.0 Å². The van der Waals surface area contributed by atoms with Crippen LogP contribution in [-0.2, 0) is 14.3 Å². The Morgan fingerprint density at radius 2 is 2.05 bits per heavy atom. The summed E-state index contributed by atoms with van der Waals surface area (Å²) in [7, 11) is 0. The van der Waals surface area contributed by atoms with Gasteiger partial charge >= 0.3 is 5.97 Å². The van der Waals surface area contributed by atoms with E-state index in [1.54, 1.807) is 30.3 Å². The lowest BCUT2D eigenvalue weighted by Crippen LogP contribution is -2.26. The van der Waals surface area contributed by atoms with Gasteiger partial charge in [-0.15, -0.1) is 11.8 Å². The van der Waals surface area contributed by atoms with Gasteiger partial charge in [-0.3, -0.25) is 9.59 Å². The lowest BCUT2D eigenvalue weighted by Gasteiger charge is -2.07. The van der Waals surface area contributed by atoms with Crippen molar-refractivity contribution >= 4 is 40.8 Å². The SMILES string of the molecule is CC(=N)C(C#N)C(=O)COC(=O)CSc1ccc(Cl)cc1. The van der Waals surface area contributed by atoms with E-state index >= 15 is 0 Å². The summed E-state index contributed by atoms with van der Waals surface area (Å²) in [6, 6.07) is 8.67. The summed E-state index contributed by atoms with van der Waals surface area (Å²) in [6.07, 6.45) is 0. The van der Waals surface area contributed by atoms with Crippen LogP contribution in [0, 0.1) is 22.7 Å². The molecule has 21 heavy (non-hydrogen) atoms. The minimum Gasteiger partial charge on any atom is -0.457 e. The Labute approximate surface area is 131 Å². The molecular weight excluding hydrogens is 312 g/mol. The van der Waals surface area contributed by atoms with Crippen molar-refractivity contribution in [2.24, 2.45) is 5.92 Å². The van der Waals surface area contributed by atoms with Crippen molar-refractivity contribution < 1.29 is 14.3 Å². The van der Waals surface area contributed by atoms with Gasteiger partial charge in [-0.25, -0.2) is 0 Å². The van der Waals surface area contributed by atoms with Crippen LogP contribution in [0.1, 0.15) is 6.92 Å². The molecule has 1 atom stereocenters. The largest absolute Gasteiger partial charge is 0.457 e. The van der Waals surface area contributed by atoms with Crippen molar-refractivity contribution in [3.63, 3.8) is 0 Å². The Morgan fingerprint density at radius 3 is 2.57 bits per heavy atom. The fraction of sp³-hybridized carbons (Fsp3) is 0.286. The zero-order chi connectivity index (χ0) is 15.8. The number of nitriles is 1. The van der Waals surface area contributed by atoms with Crippen molar-refractivity contribution in [3.05, 3.63) is 29.3 Å². The lowest BCUT2D eigenvalue weighted by atomic mass is 10.0. The van der Waals surface area contributed by atoms with Crippen molar-refractivity contribution in [1.82, 2.24) is 0 Å². The van der Waals surface area contributed by atoms with Gasteiger partial charge in [0.1, 0.15) is 5.92 Å². The zero-order valence-electron chi connectivity index (χ0n) is 11.3. The molecule has 1 aromatic rings. The molecule has 0 fully saturated rings. The number of nitrogens with zero attached hydrogens (tertiary/aromatic N) is 1. The minimum absolute atomic E-state index is 0.0513. The van der Waals surface area contributed by atoms with Gasteiger partial charge < -0.3 is 10.1 Å². The van der Waals surface area contributed by atoms with Crippen LogP contribution in [0.2, 0.25) is 5.02 Å². The zero-order valence-corrected chi connectivity index (χ0v) is 12.8. The van der Waals surface area contributed by atoms with Crippen LogP contribution in [0.3, 0.4) is 0 Å². The Balaban J connectivity index is 2.38. The van der Waals surface area contributed by atoms with E-state index in [1.807, 2.05) is 0 Å². The Morgan fingerprint density at radius 1 is 1.43 bits per heavy atom. The number of thioether (sulfide) groups is 1. The standard InChI is InChI=1S/C14H13ClN2O3S/c1-9(17)12(6-16)13(18)7-20-14(19)8-21-11-4-2-10(15)3-5-11/h2-5,12,17H,7-8H2,1H3. The number of ketones is 1. The smallest absolute Gasteiger partial charge is 0.316 e. The molecule has 0 amide bonds. The third kappa shape index (κ3) is 5.98. The molecule has 0 bridgehead atoms. The van der Waals surface area contributed by atoms with Gasteiger partial charge in [0.25, 0.3) is 0 Å². The van der Waals surface area contributed by atoms with Crippen LogP contribution in [0.15, 0.2) is 29.2 Å². The molecule has 110 valence electrons. The number of hydrogen-bond donors (Lipinski definition) is 1. The van der Waals surface area contributed by atoms with Crippen LogP contribution in [0.25, 0.3) is 0 Å². The second kappa shape index (κ2) is 8.45. The topological polar surface area (TPSA) is 91.0 Å². The van der Waals surface area contributed by atoms with Gasteiger partial charge in [-0.1, -0.05) is 11.6 Å². The molecule has 0 saturated carbocycles. The van der Waals surface area contributed by atoms with E-state index in [-0.39, 0.29) is 11.5 Å². The minimum atomic E-state index is -1.15. The lowest BCUT2D eigenvalue weighted by molar-refractivity contribution is -0.145. The van der Waals surface area contributed by atoms with E-state index in [9.17, 15) is 9.59 Å². The molecule has 1 unspecified atom stereocenters. The quantitative estimate of drug-likeness (QED) is 0.473. The number of hydrogen-bond acceptors (Lipinski definition) is 6. The van der Waals surface area contributed by atoms with Gasteiger partial charge in [0.05, 0.1) is 11.8 Å². The maximum absolute atomic E-state index is 11.6. The van der Waals surface area contributed by atoms with Crippen molar-refractivity contribution in [2.75, 3.05) is 12.4 Å². The predicted octanol–water partition coefficient (Wildman–Crippen LogP) is 2.72. The highest BCUT2D eigenvalue weighted by molar-refractivity contribution is 8.00. The van der Waals surface area contributed by atoms with Crippen LogP contribution >= 0.6 is 23.4 Å². The number of carbonyl (C=O) groups excluding carboxylic acids is 2. The summed E-state index contributed by atoms with van der Waals surface area (Å²) in [5.41, 5.74) is -0.0610. The van der Waals surface area contributed by atoms with Gasteiger partial charge in [0.15, 0.2) is 12.4 Å². The number of carbonyl (C=O) groups is 2. The summed E-state index contributed by atoms with van der Waals surface area (Å²) in [5.74, 6) is -2.24. The second-order valence-corrected chi connectivity index (χ2v) is 5.60. The monoisotopic (exact) mass is 324 g/mol. The molecule has 1 N–H and O–H groups in total. The maximum Gasteiger partial charge on any atom is 0.316 e. The molecule has 7 heteroatoms. The highest BCUT2D eigenvalue weighted by Gasteiger charge is 2.21. The first-order valence-electron chi connectivity index (χ1n) is 5.95. The number of esters is 1. The summed E-state index contributed by atoms with van der Waals surface area (Å²) in [5, 5.41) is 16.6. The van der Waals surface area contributed by atoms with E-state index in [0.717, 1.165) is 4.90 Å². The Kier molecular flexibility index (Phi) is 6.92. The van der Waals surface area contributed by atoms with Crippen LogP contribution in [0.5, 0.6) is 0 Å². The molecule has 0 heterocycles. The van der Waals surface area contributed by atoms with Crippen LogP contribution in [-0.4, -0.2) is 29.8 Å². The normalized spacial score (nSPS) is 11.3. The Hall–Kier alpha value is -1.84. The molecule has 0 spiro atoms. The van der Waals surface area contributed by atoms with E-state index < -0.39 is 24.3 Å². The third-order valence-corrected chi connectivity index (χ3v) is 3.67. The number of ether oxygens (including phenoxy) is 1. The molecule has 1 rings (SSSR count). The van der Waals surface area contributed by atoms with Gasteiger partial charge in [0.2, 0.25) is 0 Å². The van der Waals surface area contributed by atoms with E-state index in [0.29, 0.717) is 5.02 Å². The third-order valence-electron chi connectivity index (χ3n) is 2.43. The molecule has 0 saturated heterocycles. The Bertz CT molecular complexity index is 581. The number of Topliss-reactive ketones (excluding diaryl/α,β-unsaturated/α-hetero) is 1. The van der Waals surface area contributed by atoms with Gasteiger partial charge in [-0.05, 0) is 31.2 Å². The number of benzene rings is 1. The van der Waals surface area contributed by atoms with Crippen LogP contribution in [0.4, 0.5) is 0 Å². The average molecular weight is 325 g/mol. The first kappa shape index (κ1) is 17.2.